The summed E-state index contributed by atoms with van der Waals surface area (Å²) in [6.07, 6.45) is 0. The van der Waals surface area contributed by atoms with E-state index in [1.165, 1.54) is 4.90 Å². The van der Waals surface area contributed by atoms with Crippen molar-refractivity contribution in [2.45, 2.75) is 13.5 Å². The zero-order valence-electron chi connectivity index (χ0n) is 14.4. The molecule has 0 aliphatic heterocycles. The Hall–Kier alpha value is -2.05. The van der Waals surface area contributed by atoms with Crippen LogP contribution in [0.5, 0.6) is 5.75 Å². The summed E-state index contributed by atoms with van der Waals surface area (Å²) in [7, 11) is 0. The summed E-state index contributed by atoms with van der Waals surface area (Å²) in [6.45, 7) is 2.51. The summed E-state index contributed by atoms with van der Waals surface area (Å²) in [5, 5.41) is 3.44. The van der Waals surface area contributed by atoms with Gasteiger partial charge in [0, 0.05) is 22.6 Å². The van der Waals surface area contributed by atoms with Crippen LogP contribution in [0.25, 0.3) is 0 Å². The van der Waals surface area contributed by atoms with Gasteiger partial charge in [-0.15, -0.1) is 0 Å². The monoisotopic (exact) mass is 438 g/mol. The highest BCUT2D eigenvalue weighted by Crippen LogP contribution is 2.17. The zero-order chi connectivity index (χ0) is 18.9. The summed E-state index contributed by atoms with van der Waals surface area (Å²) >= 11 is 9.18. The molecule has 1 N–H and O–H groups in total. The molecule has 0 unspecified atom stereocenters. The fourth-order valence-corrected chi connectivity index (χ4v) is 2.71. The van der Waals surface area contributed by atoms with E-state index >= 15 is 0 Å². The minimum Gasteiger partial charge on any atom is -0.484 e. The number of rotatable bonds is 8. The summed E-state index contributed by atoms with van der Waals surface area (Å²) in [6, 6.07) is 14.5. The van der Waals surface area contributed by atoms with Gasteiger partial charge in [-0.25, -0.2) is 0 Å². The van der Waals surface area contributed by atoms with Crippen molar-refractivity contribution in [3.8, 4) is 5.75 Å². The molecule has 5 nitrogen and oxygen atoms in total. The molecule has 0 saturated heterocycles. The highest BCUT2D eigenvalue weighted by atomic mass is 79.9. The van der Waals surface area contributed by atoms with Gasteiger partial charge < -0.3 is 15.0 Å². The SMILES string of the molecule is CCN(CC(=O)NCc1ccc(Cl)cc1)C(=O)COc1cccc(Br)c1. The van der Waals surface area contributed by atoms with Crippen LogP contribution in [-0.4, -0.2) is 36.4 Å². The normalized spacial score (nSPS) is 10.3. The number of hydrogen-bond acceptors (Lipinski definition) is 3. The third kappa shape index (κ3) is 6.69. The van der Waals surface area contributed by atoms with Gasteiger partial charge in [-0.3, -0.25) is 9.59 Å². The molecule has 2 aromatic carbocycles. The number of likely N-dealkylation sites (N-methyl/N-ethyl adjacent to an activating group) is 1. The fourth-order valence-electron chi connectivity index (χ4n) is 2.20. The number of nitrogens with one attached hydrogen (secondary N) is 1. The van der Waals surface area contributed by atoms with E-state index in [1.54, 1.807) is 24.3 Å². The lowest BCUT2D eigenvalue weighted by Crippen LogP contribution is -2.42. The summed E-state index contributed by atoms with van der Waals surface area (Å²) in [5.41, 5.74) is 0.940. The van der Waals surface area contributed by atoms with Gasteiger partial charge in [0.25, 0.3) is 5.91 Å². The van der Waals surface area contributed by atoms with Crippen molar-refractivity contribution in [2.24, 2.45) is 0 Å². The molecule has 0 atom stereocenters. The number of benzene rings is 2. The number of carbonyl (C=O) groups is 2. The molecule has 2 aromatic rings. The van der Waals surface area contributed by atoms with Crippen molar-refractivity contribution in [3.63, 3.8) is 0 Å². The molecule has 0 saturated carbocycles. The summed E-state index contributed by atoms with van der Waals surface area (Å²) in [4.78, 5) is 25.8. The first-order chi connectivity index (χ1) is 12.5. The lowest BCUT2D eigenvalue weighted by atomic mass is 10.2. The van der Waals surface area contributed by atoms with E-state index in [-0.39, 0.29) is 25.0 Å². The number of amides is 2. The van der Waals surface area contributed by atoms with Crippen molar-refractivity contribution in [3.05, 3.63) is 63.6 Å². The summed E-state index contributed by atoms with van der Waals surface area (Å²) < 4.78 is 6.36. The molecule has 0 radical (unpaired) electrons. The van der Waals surface area contributed by atoms with Gasteiger partial charge in [0.1, 0.15) is 5.75 Å². The van der Waals surface area contributed by atoms with E-state index in [2.05, 4.69) is 21.2 Å². The smallest absolute Gasteiger partial charge is 0.260 e. The largest absolute Gasteiger partial charge is 0.484 e. The molecular weight excluding hydrogens is 420 g/mol. The van der Waals surface area contributed by atoms with Crippen LogP contribution in [0.2, 0.25) is 5.02 Å². The van der Waals surface area contributed by atoms with Crippen molar-refractivity contribution < 1.29 is 14.3 Å². The Kier molecular flexibility index (Phi) is 7.94. The van der Waals surface area contributed by atoms with E-state index < -0.39 is 0 Å². The highest BCUT2D eigenvalue weighted by Gasteiger charge is 2.16. The fraction of sp³-hybridized carbons (Fsp3) is 0.263. The summed E-state index contributed by atoms with van der Waals surface area (Å²) in [5.74, 6) is 0.127. The zero-order valence-corrected chi connectivity index (χ0v) is 16.7. The standard InChI is InChI=1S/C19H20BrClN2O3/c1-2-23(19(25)13-26-17-5-3-4-15(20)10-17)12-18(24)22-11-14-6-8-16(21)9-7-14/h3-10H,2,11-13H2,1H3,(H,22,24). The van der Waals surface area contributed by atoms with Crippen LogP contribution >= 0.6 is 27.5 Å². The molecule has 0 aliphatic carbocycles. The Balaban J connectivity index is 1.80. The number of ether oxygens (including phenoxy) is 1. The van der Waals surface area contributed by atoms with Gasteiger partial charge in [-0.05, 0) is 42.8 Å². The molecular formula is C19H20BrClN2O3. The number of nitrogens with zero attached hydrogens (tertiary/aromatic N) is 1. The van der Waals surface area contributed by atoms with Gasteiger partial charge in [0.2, 0.25) is 5.91 Å². The third-order valence-corrected chi connectivity index (χ3v) is 4.38. The molecule has 0 aliphatic rings. The van der Waals surface area contributed by atoms with Gasteiger partial charge in [-0.1, -0.05) is 45.7 Å². The van der Waals surface area contributed by atoms with Crippen LogP contribution in [0.15, 0.2) is 53.0 Å². The number of hydrogen-bond donors (Lipinski definition) is 1. The average Bonchev–Trinajstić information content (AvgIpc) is 2.63. The van der Waals surface area contributed by atoms with Crippen LogP contribution < -0.4 is 10.1 Å². The second-order valence-electron chi connectivity index (χ2n) is 5.56. The average molecular weight is 440 g/mol. The predicted octanol–water partition coefficient (Wildman–Crippen LogP) is 3.65. The first-order valence-corrected chi connectivity index (χ1v) is 9.32. The Morgan fingerprint density at radius 1 is 1.19 bits per heavy atom. The first-order valence-electron chi connectivity index (χ1n) is 8.15. The van der Waals surface area contributed by atoms with Crippen LogP contribution in [0.3, 0.4) is 0 Å². The first kappa shape index (κ1) is 20.3. The molecule has 2 rings (SSSR count). The number of carbonyl (C=O) groups excluding carboxylic acids is 2. The molecule has 2 amide bonds. The quantitative estimate of drug-likeness (QED) is 0.683. The van der Waals surface area contributed by atoms with Crippen molar-refractivity contribution in [1.82, 2.24) is 10.2 Å². The minimum absolute atomic E-state index is 0.00916. The van der Waals surface area contributed by atoms with E-state index in [0.29, 0.717) is 23.9 Å². The van der Waals surface area contributed by atoms with Crippen molar-refractivity contribution in [1.29, 1.82) is 0 Å². The maximum Gasteiger partial charge on any atom is 0.260 e. The predicted molar refractivity (Wildman–Crippen MR) is 105 cm³/mol. The second kappa shape index (κ2) is 10.2. The van der Waals surface area contributed by atoms with E-state index in [0.717, 1.165) is 10.0 Å². The molecule has 0 bridgehead atoms. The van der Waals surface area contributed by atoms with Crippen molar-refractivity contribution >= 4 is 39.3 Å². The second-order valence-corrected chi connectivity index (χ2v) is 6.91. The minimum atomic E-state index is -0.242. The van der Waals surface area contributed by atoms with Crippen LogP contribution in [0, 0.1) is 0 Å². The van der Waals surface area contributed by atoms with E-state index in [4.69, 9.17) is 16.3 Å². The molecule has 0 spiro atoms. The van der Waals surface area contributed by atoms with Gasteiger partial charge in [-0.2, -0.15) is 0 Å². The number of halogens is 2. The van der Waals surface area contributed by atoms with Crippen LogP contribution in [0.1, 0.15) is 12.5 Å². The highest BCUT2D eigenvalue weighted by molar-refractivity contribution is 9.10. The lowest BCUT2D eigenvalue weighted by molar-refractivity contribution is -0.137. The Morgan fingerprint density at radius 2 is 1.92 bits per heavy atom. The Bertz CT molecular complexity index is 753. The molecule has 7 heteroatoms. The van der Waals surface area contributed by atoms with Gasteiger partial charge in [0.05, 0.1) is 6.54 Å². The molecule has 0 heterocycles. The molecule has 0 fully saturated rings. The molecule has 26 heavy (non-hydrogen) atoms. The van der Waals surface area contributed by atoms with Gasteiger partial charge in [0.15, 0.2) is 6.61 Å². The lowest BCUT2D eigenvalue weighted by Gasteiger charge is -2.20. The third-order valence-electron chi connectivity index (χ3n) is 3.63. The van der Waals surface area contributed by atoms with E-state index in [9.17, 15) is 9.59 Å². The van der Waals surface area contributed by atoms with Crippen LogP contribution in [0.4, 0.5) is 0 Å². The maximum absolute atomic E-state index is 12.3. The topological polar surface area (TPSA) is 58.6 Å². The maximum atomic E-state index is 12.3. The van der Waals surface area contributed by atoms with E-state index in [1.807, 2.05) is 31.2 Å². The van der Waals surface area contributed by atoms with Gasteiger partial charge >= 0.3 is 0 Å². The van der Waals surface area contributed by atoms with Crippen LogP contribution in [-0.2, 0) is 16.1 Å². The van der Waals surface area contributed by atoms with Crippen molar-refractivity contribution in [2.75, 3.05) is 19.7 Å². The Morgan fingerprint density at radius 3 is 2.58 bits per heavy atom. The Labute approximate surface area is 166 Å². The molecule has 0 aromatic heterocycles. The molecule has 138 valence electrons.